The van der Waals surface area contributed by atoms with Crippen molar-refractivity contribution >= 4 is 35.5 Å². The molecule has 3 heterocycles. The van der Waals surface area contributed by atoms with Crippen LogP contribution >= 0.6 is 11.8 Å². The van der Waals surface area contributed by atoms with E-state index < -0.39 is 63.2 Å². The molecule has 1 aliphatic carbocycles. The van der Waals surface area contributed by atoms with E-state index in [1.807, 2.05) is 17.1 Å². The molecule has 0 spiro atoms. The van der Waals surface area contributed by atoms with Gasteiger partial charge in [0.2, 0.25) is 11.8 Å². The van der Waals surface area contributed by atoms with Crippen LogP contribution in [-0.4, -0.2) is 71.9 Å². The topological polar surface area (TPSA) is 182 Å². The zero-order chi connectivity index (χ0) is 24.8. The Balaban J connectivity index is 1.54. The van der Waals surface area contributed by atoms with Crippen molar-refractivity contribution in [1.29, 1.82) is 0 Å². The Labute approximate surface area is 196 Å². The van der Waals surface area contributed by atoms with Crippen LogP contribution in [0.2, 0.25) is 0 Å². The van der Waals surface area contributed by atoms with Crippen LogP contribution in [0.15, 0.2) is 39.6 Å². The summed E-state index contributed by atoms with van der Waals surface area (Å²) in [6.07, 6.45) is 7.36. The lowest BCUT2D eigenvalue weighted by atomic mass is 9.94. The van der Waals surface area contributed by atoms with Gasteiger partial charge >= 0.3 is 11.7 Å². The summed E-state index contributed by atoms with van der Waals surface area (Å²) in [7, 11) is 0. The fraction of sp³-hybridized carbons (Fsp3) is 0.429. The number of carboxylic acid groups (broad SMARTS) is 1. The molecular weight excluding hydrogens is 466 g/mol. The molecule has 2 unspecified atom stereocenters. The molecule has 0 aromatic carbocycles. The Morgan fingerprint density at radius 2 is 1.97 bits per heavy atom. The third-order valence-corrected chi connectivity index (χ3v) is 7.55. The van der Waals surface area contributed by atoms with Gasteiger partial charge in [-0.1, -0.05) is 18.2 Å². The van der Waals surface area contributed by atoms with Crippen molar-refractivity contribution in [1.82, 2.24) is 25.5 Å². The maximum atomic E-state index is 13.2. The number of aliphatic carboxylic acids is 1. The van der Waals surface area contributed by atoms with Gasteiger partial charge in [-0.2, -0.15) is 0 Å². The molecule has 12 nitrogen and oxygen atoms in total. The predicted molar refractivity (Wildman–Crippen MR) is 121 cm³/mol. The number of hydrogen-bond acceptors (Lipinski definition) is 7. The minimum absolute atomic E-state index is 0.372. The van der Waals surface area contributed by atoms with Crippen molar-refractivity contribution in [3.05, 3.63) is 56.4 Å². The van der Waals surface area contributed by atoms with Gasteiger partial charge < -0.3 is 25.6 Å². The lowest BCUT2D eigenvalue weighted by Crippen LogP contribution is -2.71. The number of aromatic nitrogens is 2. The van der Waals surface area contributed by atoms with Gasteiger partial charge in [0.05, 0.1) is 0 Å². The van der Waals surface area contributed by atoms with Crippen LogP contribution in [0.25, 0.3) is 0 Å². The fourth-order valence-electron chi connectivity index (χ4n) is 4.35. The number of rotatable bonds is 6. The van der Waals surface area contributed by atoms with Crippen LogP contribution in [0.5, 0.6) is 0 Å². The number of allylic oxidation sites excluding steroid dienone is 3. The molecule has 2 fully saturated rings. The maximum Gasteiger partial charge on any atom is 0.327 e. The number of aromatic amines is 2. The van der Waals surface area contributed by atoms with E-state index >= 15 is 0 Å². The number of hydrogen-bond donors (Lipinski definition) is 5. The average molecular weight is 490 g/mol. The third kappa shape index (κ3) is 4.06. The molecular formula is C21H23N5O7S. The van der Waals surface area contributed by atoms with Gasteiger partial charge in [-0.25, -0.2) is 9.59 Å². The Hall–Kier alpha value is -3.61. The highest BCUT2D eigenvalue weighted by Gasteiger charge is 2.64. The second-order valence-electron chi connectivity index (χ2n) is 8.67. The minimum atomic E-state index is -1.18. The summed E-state index contributed by atoms with van der Waals surface area (Å²) in [6, 6.07) is -3.14. The molecule has 5 N–H and O–H groups in total. The van der Waals surface area contributed by atoms with E-state index in [1.54, 1.807) is 19.9 Å². The van der Waals surface area contributed by atoms with Crippen LogP contribution in [0.1, 0.15) is 37.0 Å². The standard InChI is InChI=1S/C21H23N5O7S/c1-21(2)13(19(31)32)26-17(30)12(18(26)34-21)24-16(29)11(9-6-4-3-5-7-9)23-14(27)10-8-22-20(33)25-15(10)28/h3-4,7-8,11-13,18H,5-6H2,1-2H3,(H,23,27)(H,24,29)(H,31,32)(H2,22,25,28,33)/t11?,12?,13-,18+/m0/s1. The summed E-state index contributed by atoms with van der Waals surface area (Å²) in [5.41, 5.74) is -1.50. The zero-order valence-electron chi connectivity index (χ0n) is 18.3. The number of carbonyl (C=O) groups is 4. The van der Waals surface area contributed by atoms with Crippen LogP contribution in [0.4, 0.5) is 0 Å². The lowest BCUT2D eigenvalue weighted by Gasteiger charge is -2.44. The number of amides is 3. The summed E-state index contributed by atoms with van der Waals surface area (Å²) in [6.45, 7) is 3.45. The Bertz CT molecular complexity index is 1250. The normalized spacial score (nSPS) is 25.6. The minimum Gasteiger partial charge on any atom is -0.480 e. The number of H-pyrrole nitrogens is 2. The van der Waals surface area contributed by atoms with Crippen LogP contribution in [-0.2, 0) is 14.4 Å². The summed E-state index contributed by atoms with van der Waals surface area (Å²) in [5, 5.41) is 14.2. The Kier molecular flexibility index (Phi) is 5.98. The van der Waals surface area contributed by atoms with E-state index in [4.69, 9.17) is 0 Å². The molecule has 0 radical (unpaired) electrons. The SMILES string of the molecule is CC1(C)S[C@@H]2C(NC(=O)C(NC(=O)c3c[nH]c(=O)[nH]c3=O)C3=CCC=CC3)C(=O)N2[C@H]1C(=O)O. The molecule has 3 aliphatic rings. The van der Waals surface area contributed by atoms with E-state index in [0.717, 1.165) is 6.20 Å². The van der Waals surface area contributed by atoms with E-state index in [1.165, 1.54) is 16.7 Å². The number of carbonyl (C=O) groups excluding carboxylic acids is 3. The van der Waals surface area contributed by atoms with E-state index in [0.29, 0.717) is 18.4 Å². The molecule has 1 aromatic heterocycles. The molecule has 1 aromatic rings. The van der Waals surface area contributed by atoms with Crippen LogP contribution in [0.3, 0.4) is 0 Å². The number of nitrogens with zero attached hydrogens (tertiary/aromatic N) is 1. The van der Waals surface area contributed by atoms with Gasteiger partial charge in [-0.05, 0) is 32.3 Å². The number of thioether (sulfide) groups is 1. The van der Waals surface area contributed by atoms with Crippen molar-refractivity contribution in [2.24, 2.45) is 0 Å². The van der Waals surface area contributed by atoms with Crippen molar-refractivity contribution in [3.8, 4) is 0 Å². The largest absolute Gasteiger partial charge is 0.480 e. The van der Waals surface area contributed by atoms with Crippen molar-refractivity contribution in [2.75, 3.05) is 0 Å². The van der Waals surface area contributed by atoms with Gasteiger partial charge in [0.15, 0.2) is 0 Å². The first-order chi connectivity index (χ1) is 16.0. The van der Waals surface area contributed by atoms with Crippen LogP contribution < -0.4 is 21.9 Å². The van der Waals surface area contributed by atoms with Crippen molar-refractivity contribution in [2.45, 2.75) is 54.9 Å². The maximum absolute atomic E-state index is 13.2. The first kappa shape index (κ1) is 23.5. The molecule has 180 valence electrons. The number of carboxylic acids is 1. The lowest BCUT2D eigenvalue weighted by molar-refractivity contribution is -0.161. The monoisotopic (exact) mass is 489 g/mol. The summed E-state index contributed by atoms with van der Waals surface area (Å²) < 4.78 is -0.749. The second-order valence-corrected chi connectivity index (χ2v) is 10.4. The number of nitrogens with one attached hydrogen (secondary N) is 4. The quantitative estimate of drug-likeness (QED) is 0.251. The number of fused-ring (bicyclic) bond motifs is 1. The van der Waals surface area contributed by atoms with Gasteiger partial charge in [-0.3, -0.25) is 24.2 Å². The summed E-state index contributed by atoms with van der Waals surface area (Å²) >= 11 is 1.29. The molecule has 0 bridgehead atoms. The van der Waals surface area contributed by atoms with Gasteiger partial charge in [0, 0.05) is 10.9 Å². The average Bonchev–Trinajstić information content (AvgIpc) is 3.04. The van der Waals surface area contributed by atoms with Gasteiger partial charge in [0.25, 0.3) is 11.5 Å². The number of β-lactam (4-membered cyclic amide) rings is 1. The van der Waals surface area contributed by atoms with E-state index in [9.17, 15) is 33.9 Å². The molecule has 4 atom stereocenters. The molecule has 34 heavy (non-hydrogen) atoms. The Morgan fingerprint density at radius 3 is 2.59 bits per heavy atom. The molecule has 4 rings (SSSR count). The van der Waals surface area contributed by atoms with Crippen molar-refractivity contribution < 1.29 is 24.3 Å². The molecule has 3 amide bonds. The Morgan fingerprint density at radius 1 is 1.24 bits per heavy atom. The third-order valence-electron chi connectivity index (χ3n) is 5.98. The summed E-state index contributed by atoms with van der Waals surface area (Å²) in [5.74, 6) is -3.17. The highest BCUT2D eigenvalue weighted by Crippen LogP contribution is 2.50. The van der Waals surface area contributed by atoms with E-state index in [2.05, 4.69) is 15.6 Å². The smallest absolute Gasteiger partial charge is 0.327 e. The van der Waals surface area contributed by atoms with Gasteiger partial charge in [0.1, 0.15) is 29.1 Å². The highest BCUT2D eigenvalue weighted by molar-refractivity contribution is 8.01. The zero-order valence-corrected chi connectivity index (χ0v) is 19.1. The predicted octanol–water partition coefficient (Wildman–Crippen LogP) is -0.930. The molecule has 2 aliphatic heterocycles. The fourth-order valence-corrected chi connectivity index (χ4v) is 5.98. The summed E-state index contributed by atoms with van der Waals surface area (Å²) in [4.78, 5) is 79.0. The molecule has 13 heteroatoms. The van der Waals surface area contributed by atoms with E-state index in [-0.39, 0.29) is 5.56 Å². The first-order valence-corrected chi connectivity index (χ1v) is 11.4. The first-order valence-electron chi connectivity index (χ1n) is 10.5. The van der Waals surface area contributed by atoms with Gasteiger partial charge in [-0.15, -0.1) is 11.8 Å². The molecule has 0 saturated carbocycles. The van der Waals surface area contributed by atoms with Crippen molar-refractivity contribution in [3.63, 3.8) is 0 Å². The second kappa shape index (κ2) is 8.63. The molecule has 2 saturated heterocycles. The highest BCUT2D eigenvalue weighted by atomic mass is 32.2. The van der Waals surface area contributed by atoms with Crippen LogP contribution in [0, 0.1) is 0 Å².